The molecule has 9 nitrogen and oxygen atoms in total. The molecule has 3 amide bonds. The van der Waals surface area contributed by atoms with Crippen molar-refractivity contribution in [3.63, 3.8) is 0 Å². The van der Waals surface area contributed by atoms with Crippen molar-refractivity contribution in [2.75, 3.05) is 26.2 Å². The number of nitrogens with one attached hydrogen (secondary N) is 1. The highest BCUT2D eigenvalue weighted by atomic mass is 19.1. The minimum absolute atomic E-state index is 0.123. The molecule has 0 aliphatic carbocycles. The first-order valence-electron chi connectivity index (χ1n) is 14.5. The van der Waals surface area contributed by atoms with Gasteiger partial charge in [-0.15, -0.1) is 0 Å². The van der Waals surface area contributed by atoms with E-state index in [-0.39, 0.29) is 49.6 Å². The van der Waals surface area contributed by atoms with E-state index in [0.717, 1.165) is 5.56 Å². The SMILES string of the molecule is CCN1CC(=O)N[C@H]2CN(C(=O)c3ccc(F)cc3)CC[C@@H]2OCc2cccc(c2)Oc2cc(OC(C)C)cc(c2)C1=O. The Hall–Kier alpha value is -4.44. The van der Waals surface area contributed by atoms with Crippen molar-refractivity contribution in [3.05, 3.63) is 89.2 Å². The van der Waals surface area contributed by atoms with Gasteiger partial charge in [-0.2, -0.15) is 0 Å². The van der Waals surface area contributed by atoms with E-state index in [4.69, 9.17) is 14.2 Å². The number of ether oxygens (including phenoxy) is 3. The minimum Gasteiger partial charge on any atom is -0.491 e. The fraction of sp³-hybridized carbons (Fsp3) is 0.364. The summed E-state index contributed by atoms with van der Waals surface area (Å²) >= 11 is 0. The summed E-state index contributed by atoms with van der Waals surface area (Å²) in [6.45, 7) is 6.57. The van der Waals surface area contributed by atoms with Gasteiger partial charge >= 0.3 is 0 Å². The number of amides is 3. The van der Waals surface area contributed by atoms with E-state index in [0.29, 0.717) is 47.9 Å². The molecule has 226 valence electrons. The second-order valence-electron chi connectivity index (χ2n) is 11.0. The molecule has 2 atom stereocenters. The van der Waals surface area contributed by atoms with E-state index >= 15 is 0 Å². The van der Waals surface area contributed by atoms with Gasteiger partial charge in [-0.1, -0.05) is 12.1 Å². The van der Waals surface area contributed by atoms with Gasteiger partial charge in [0.2, 0.25) is 5.91 Å². The summed E-state index contributed by atoms with van der Waals surface area (Å²) in [5.41, 5.74) is 1.56. The van der Waals surface area contributed by atoms with Crippen LogP contribution in [0.3, 0.4) is 0 Å². The average molecular weight is 590 g/mol. The normalized spacial score (nSPS) is 19.4. The zero-order valence-electron chi connectivity index (χ0n) is 24.5. The van der Waals surface area contributed by atoms with Gasteiger partial charge in [0, 0.05) is 36.8 Å². The van der Waals surface area contributed by atoms with Gasteiger partial charge in [0.05, 0.1) is 31.4 Å². The molecule has 5 rings (SSSR count). The summed E-state index contributed by atoms with van der Waals surface area (Å²) in [4.78, 5) is 43.3. The lowest BCUT2D eigenvalue weighted by molar-refractivity contribution is -0.124. The van der Waals surface area contributed by atoms with Crippen molar-refractivity contribution in [1.82, 2.24) is 15.1 Å². The molecule has 10 heteroatoms. The first kappa shape index (κ1) is 30.0. The molecule has 2 aliphatic rings. The molecule has 43 heavy (non-hydrogen) atoms. The molecule has 0 spiro atoms. The Kier molecular flexibility index (Phi) is 9.25. The van der Waals surface area contributed by atoms with E-state index in [2.05, 4.69) is 5.32 Å². The maximum atomic E-state index is 13.6. The third-order valence-corrected chi connectivity index (χ3v) is 7.37. The van der Waals surface area contributed by atoms with E-state index in [9.17, 15) is 18.8 Å². The molecular weight excluding hydrogens is 553 g/mol. The van der Waals surface area contributed by atoms with Crippen LogP contribution in [-0.4, -0.2) is 72.0 Å². The molecule has 3 aromatic carbocycles. The molecule has 1 saturated heterocycles. The number of fused-ring (bicyclic) bond motifs is 5. The predicted octanol–water partition coefficient (Wildman–Crippen LogP) is 4.80. The largest absolute Gasteiger partial charge is 0.491 e. The van der Waals surface area contributed by atoms with E-state index < -0.39 is 11.9 Å². The summed E-state index contributed by atoms with van der Waals surface area (Å²) < 4.78 is 31.8. The molecule has 2 aliphatic heterocycles. The Bertz CT molecular complexity index is 1480. The molecule has 3 aromatic rings. The number of nitrogens with zero attached hydrogens (tertiary/aromatic N) is 2. The molecule has 2 heterocycles. The maximum absolute atomic E-state index is 13.6. The van der Waals surface area contributed by atoms with Gasteiger partial charge in [-0.25, -0.2) is 4.39 Å². The van der Waals surface area contributed by atoms with Gasteiger partial charge in [0.25, 0.3) is 11.8 Å². The zero-order chi connectivity index (χ0) is 30.5. The van der Waals surface area contributed by atoms with Crippen molar-refractivity contribution < 1.29 is 33.0 Å². The highest BCUT2D eigenvalue weighted by Gasteiger charge is 2.34. The number of carbonyl (C=O) groups is 3. The van der Waals surface area contributed by atoms with Crippen LogP contribution in [0.2, 0.25) is 0 Å². The fourth-order valence-corrected chi connectivity index (χ4v) is 5.30. The van der Waals surface area contributed by atoms with E-state index in [1.807, 2.05) is 38.1 Å². The van der Waals surface area contributed by atoms with Crippen molar-refractivity contribution >= 4 is 17.7 Å². The highest BCUT2D eigenvalue weighted by molar-refractivity contribution is 5.97. The topological polar surface area (TPSA) is 97.4 Å². The fourth-order valence-electron chi connectivity index (χ4n) is 5.30. The number of likely N-dealkylation sites (N-methyl/N-ethyl adjacent to an activating group) is 1. The van der Waals surface area contributed by atoms with Crippen LogP contribution in [0.15, 0.2) is 66.7 Å². The first-order chi connectivity index (χ1) is 20.7. The van der Waals surface area contributed by atoms with Crippen LogP contribution < -0.4 is 14.8 Å². The molecule has 0 aromatic heterocycles. The third kappa shape index (κ3) is 7.50. The number of halogens is 1. The lowest BCUT2D eigenvalue weighted by atomic mass is 10.0. The van der Waals surface area contributed by atoms with Gasteiger partial charge < -0.3 is 29.3 Å². The van der Waals surface area contributed by atoms with Crippen molar-refractivity contribution in [1.29, 1.82) is 0 Å². The van der Waals surface area contributed by atoms with Crippen LogP contribution in [0.25, 0.3) is 0 Å². The molecule has 0 saturated carbocycles. The lowest BCUT2D eigenvalue weighted by Gasteiger charge is -2.39. The number of hydrogen-bond donors (Lipinski definition) is 1. The minimum atomic E-state index is -0.527. The Labute approximate surface area is 250 Å². The van der Waals surface area contributed by atoms with Gasteiger partial charge in [0.15, 0.2) is 0 Å². The van der Waals surface area contributed by atoms with Gasteiger partial charge in [-0.3, -0.25) is 14.4 Å². The van der Waals surface area contributed by atoms with Crippen LogP contribution >= 0.6 is 0 Å². The van der Waals surface area contributed by atoms with Crippen LogP contribution in [0.5, 0.6) is 17.2 Å². The number of benzene rings is 3. The van der Waals surface area contributed by atoms with Gasteiger partial charge in [0.1, 0.15) is 23.1 Å². The Balaban J connectivity index is 1.44. The monoisotopic (exact) mass is 589 g/mol. The highest BCUT2D eigenvalue weighted by Crippen LogP contribution is 2.30. The molecule has 0 unspecified atom stereocenters. The molecule has 0 radical (unpaired) electrons. The summed E-state index contributed by atoms with van der Waals surface area (Å²) in [6.07, 6.45) is -0.0243. The van der Waals surface area contributed by atoms with Crippen LogP contribution in [0.1, 0.15) is 53.5 Å². The van der Waals surface area contributed by atoms with Crippen molar-refractivity contribution in [2.45, 2.75) is 52.0 Å². The smallest absolute Gasteiger partial charge is 0.254 e. The van der Waals surface area contributed by atoms with Gasteiger partial charge in [-0.05, 0) is 81.3 Å². The molecule has 1 fully saturated rings. The average Bonchev–Trinajstić information content (AvgIpc) is 2.98. The number of likely N-dealkylation sites (tertiary alicyclic amines) is 1. The molecular formula is C33H36FN3O6. The Morgan fingerprint density at radius 1 is 1.07 bits per heavy atom. The summed E-state index contributed by atoms with van der Waals surface area (Å²) in [5.74, 6) is 0.0957. The first-order valence-corrected chi connectivity index (χ1v) is 14.5. The molecule has 4 bridgehead atoms. The Morgan fingerprint density at radius 2 is 1.86 bits per heavy atom. The summed E-state index contributed by atoms with van der Waals surface area (Å²) in [5, 5.41) is 3.02. The summed E-state index contributed by atoms with van der Waals surface area (Å²) in [6, 6.07) is 17.4. The van der Waals surface area contributed by atoms with Crippen LogP contribution in [-0.2, 0) is 16.1 Å². The predicted molar refractivity (Wildman–Crippen MR) is 158 cm³/mol. The quantitative estimate of drug-likeness (QED) is 0.470. The van der Waals surface area contributed by atoms with Crippen molar-refractivity contribution in [3.8, 4) is 17.2 Å². The molecule has 1 N–H and O–H groups in total. The van der Waals surface area contributed by atoms with E-state index in [1.165, 1.54) is 29.2 Å². The summed E-state index contributed by atoms with van der Waals surface area (Å²) in [7, 11) is 0. The number of carbonyl (C=O) groups excluding carboxylic acids is 3. The van der Waals surface area contributed by atoms with Crippen molar-refractivity contribution in [2.24, 2.45) is 0 Å². The van der Waals surface area contributed by atoms with Crippen LogP contribution in [0, 0.1) is 5.82 Å². The maximum Gasteiger partial charge on any atom is 0.254 e. The third-order valence-electron chi connectivity index (χ3n) is 7.37. The number of hydrogen-bond acceptors (Lipinski definition) is 6. The second kappa shape index (κ2) is 13.2. The number of rotatable bonds is 4. The standard InChI is InChI=1S/C33H36FN3O6/c1-4-36-19-31(38)35-29-18-37(32(39)23-8-10-25(34)11-9-23)13-12-30(29)41-20-22-6-5-7-26(14-22)43-28-16-24(33(36)40)15-27(17-28)42-21(2)3/h5-11,14-17,21,29-30H,4,12-13,18-20H2,1-3H3,(H,35,38)/t29-,30-/m0/s1. The zero-order valence-corrected chi connectivity index (χ0v) is 24.5. The van der Waals surface area contributed by atoms with E-state index in [1.54, 1.807) is 30.0 Å². The second-order valence-corrected chi connectivity index (χ2v) is 11.0. The number of piperidine rings is 1. The Morgan fingerprint density at radius 3 is 2.60 bits per heavy atom. The lowest BCUT2D eigenvalue weighted by Crippen LogP contribution is -2.58. The van der Waals surface area contributed by atoms with Crippen LogP contribution in [0.4, 0.5) is 4.39 Å².